The Morgan fingerprint density at radius 1 is 0.324 bits per heavy atom. The second kappa shape index (κ2) is 42.9. The van der Waals surface area contributed by atoms with Gasteiger partial charge in [0.25, 0.3) is 23.6 Å². The van der Waals surface area contributed by atoms with Crippen molar-refractivity contribution in [1.82, 2.24) is 38.3 Å². The number of aromatic nitrogens is 4. The van der Waals surface area contributed by atoms with Crippen LogP contribution in [0.2, 0.25) is 0 Å². The monoisotopic (exact) mass is 1990 g/mol. The van der Waals surface area contributed by atoms with Crippen LogP contribution in [0.4, 0.5) is 44.7 Å². The van der Waals surface area contributed by atoms with Gasteiger partial charge in [-0.1, -0.05) is 176 Å². The van der Waals surface area contributed by atoms with Crippen LogP contribution in [0.1, 0.15) is 116 Å². The number of nitrogens with zero attached hydrogens (tertiary/aromatic N) is 12. The van der Waals surface area contributed by atoms with Crippen LogP contribution in [0.25, 0.3) is 0 Å². The molecule has 8 aliphatic heterocycles. The molecule has 8 atom stereocenters. The second-order valence-electron chi connectivity index (χ2n) is 33.7. The molecule has 13 aromatic rings. The van der Waals surface area contributed by atoms with E-state index < -0.39 is 165 Å². The summed E-state index contributed by atoms with van der Waals surface area (Å²) in [6, 6.07) is 62.5. The van der Waals surface area contributed by atoms with E-state index >= 15 is 0 Å². The minimum Gasteiger partial charge on any atom is -0.502 e. The van der Waals surface area contributed by atoms with Crippen molar-refractivity contribution in [3.05, 3.63) is 434 Å². The summed E-state index contributed by atoms with van der Waals surface area (Å²) in [5.41, 5.74) is 2.59. The lowest BCUT2D eigenvalue weighted by atomic mass is 9.96. The van der Waals surface area contributed by atoms with Crippen molar-refractivity contribution in [3.8, 4) is 23.0 Å². The van der Waals surface area contributed by atoms with E-state index in [1.807, 2.05) is 132 Å². The van der Waals surface area contributed by atoms with Gasteiger partial charge in [0, 0.05) is 75.2 Å². The lowest BCUT2D eigenvalue weighted by Gasteiger charge is -2.51. The van der Waals surface area contributed by atoms with Gasteiger partial charge in [-0.25, -0.2) is 44.7 Å². The Morgan fingerprint density at radius 3 is 0.910 bits per heavy atom. The summed E-state index contributed by atoms with van der Waals surface area (Å²) in [5, 5.41) is 17.6. The quantitative estimate of drug-likeness (QED) is 0.0446. The number of amides is 4. The molecule has 1 N–H and O–H groups in total. The van der Waals surface area contributed by atoms with Gasteiger partial charge in [-0.05, 0) is 98.6 Å². The molecule has 4 fully saturated rings. The average Bonchev–Trinajstić information content (AvgIpc) is 0.745. The van der Waals surface area contributed by atoms with Crippen molar-refractivity contribution >= 4 is 35.9 Å². The molecular formula is C104H88F8N12O21. The third-order valence-electron chi connectivity index (χ3n) is 25.3. The van der Waals surface area contributed by atoms with Crippen LogP contribution < -0.4 is 56.0 Å². The third kappa shape index (κ3) is 19.7. The fourth-order valence-electron chi connectivity index (χ4n) is 18.8. The number of rotatable bonds is 19. The van der Waals surface area contributed by atoms with E-state index in [1.54, 1.807) is 48.9 Å². The normalized spacial score (nSPS) is 17.8. The van der Waals surface area contributed by atoms with Crippen molar-refractivity contribution in [2.75, 3.05) is 120 Å². The molecule has 145 heavy (non-hydrogen) atoms. The molecule has 9 aromatic carbocycles. The lowest BCUT2D eigenvalue weighted by Crippen LogP contribution is -2.66. The Hall–Kier alpha value is -16.9. The smallest absolute Gasteiger partial charge is 0.502 e. The summed E-state index contributed by atoms with van der Waals surface area (Å²) in [6.07, 6.45) is 0.986. The number of aromatic hydroxyl groups is 1. The number of hydrogen-bond acceptors (Lipinski definition) is 25. The van der Waals surface area contributed by atoms with Gasteiger partial charge in [0.15, 0.2) is 80.8 Å². The zero-order chi connectivity index (χ0) is 102. The number of carbonyl (C=O) groups excluding carboxylic acids is 6. The minimum atomic E-state index is -1.16. The number of halogens is 8. The number of hydrogen-bond donors (Lipinski definition) is 1. The Morgan fingerprint density at radius 2 is 0.600 bits per heavy atom. The van der Waals surface area contributed by atoms with Gasteiger partial charge in [0.2, 0.25) is 40.0 Å². The van der Waals surface area contributed by atoms with Crippen LogP contribution in [0.3, 0.4) is 0 Å². The van der Waals surface area contributed by atoms with E-state index in [0.717, 1.165) is 91.6 Å². The summed E-state index contributed by atoms with van der Waals surface area (Å²) in [7, 11) is 2.19. The molecule has 33 nitrogen and oxygen atoms in total. The molecule has 0 spiro atoms. The molecular weight excluding hydrogens is 1910 g/mol. The van der Waals surface area contributed by atoms with E-state index in [-0.39, 0.29) is 106 Å². The number of benzene rings is 9. The van der Waals surface area contributed by atoms with E-state index in [2.05, 4.69) is 9.47 Å². The second-order valence-corrected chi connectivity index (χ2v) is 33.7. The van der Waals surface area contributed by atoms with Crippen LogP contribution in [0.15, 0.2) is 293 Å². The van der Waals surface area contributed by atoms with Crippen LogP contribution in [0.5, 0.6) is 23.0 Å². The minimum absolute atomic E-state index is 0.0695. The Balaban J connectivity index is 0.000000127. The Bertz CT molecular complexity index is 7310. The number of ether oxygens (including phenoxy) is 10. The maximum Gasteiger partial charge on any atom is 0.513 e. The summed E-state index contributed by atoms with van der Waals surface area (Å²) in [5.74, 6) is -11.5. The van der Waals surface area contributed by atoms with E-state index in [1.165, 1.54) is 89.9 Å². The van der Waals surface area contributed by atoms with Gasteiger partial charge in [-0.2, -0.15) is 0 Å². The Kier molecular flexibility index (Phi) is 29.1. The van der Waals surface area contributed by atoms with E-state index in [0.29, 0.717) is 53.1 Å². The third-order valence-corrected chi connectivity index (χ3v) is 25.3. The zero-order valence-corrected chi connectivity index (χ0v) is 77.0. The molecule has 8 aliphatic rings. The molecule has 4 saturated heterocycles. The van der Waals surface area contributed by atoms with Crippen LogP contribution in [0, 0.1) is 46.5 Å². The molecule has 0 bridgehead atoms. The van der Waals surface area contributed by atoms with Crippen LogP contribution >= 0.6 is 0 Å². The van der Waals surface area contributed by atoms with Crippen molar-refractivity contribution in [2.24, 2.45) is 0 Å². The first kappa shape index (κ1) is 98.3. The fraction of sp³-hybridized carbons (Fsp3) is 0.231. The first-order chi connectivity index (χ1) is 70.3. The van der Waals surface area contributed by atoms with Crippen LogP contribution in [-0.2, 0) is 39.8 Å². The SMILES string of the molecule is COC(=O)OCOc1c2n(ccc1=O)N(C(c1ccccc1)c1ccc(F)c(F)c1)[C@@H]1COCCN1C2=O.COC(=O)Oc1c2n(ccc1=O)N(C(c1ccccc1)c1ccc(F)c(F)c1)[C@@H]1COCCN1C2=O.O=C1c2c(O)c(=O)ccn2N(C(c2ccccc2)c2ccc(F)c(F)c2)[C@@H]2COCCN12.O=C1c2c(OCc3ccccc3)c(=O)ccn2N(C(c2ccccc2)c2ccc(F)c(F)c2)[C@@H]2COCCN12. The molecule has 0 radical (unpaired) electrons. The molecule has 746 valence electrons. The summed E-state index contributed by atoms with van der Waals surface area (Å²) >= 11 is 0. The molecule has 21 rings (SSSR count). The number of carbonyl (C=O) groups is 6. The molecule has 12 heterocycles. The first-order valence-electron chi connectivity index (χ1n) is 45.5. The highest BCUT2D eigenvalue weighted by atomic mass is 19.2. The highest BCUT2D eigenvalue weighted by Crippen LogP contribution is 2.44. The maximum atomic E-state index is 14.5. The van der Waals surface area contributed by atoms with Crippen molar-refractivity contribution < 1.29 is 116 Å². The van der Waals surface area contributed by atoms with Crippen molar-refractivity contribution in [3.63, 3.8) is 0 Å². The Labute approximate surface area is 819 Å². The van der Waals surface area contributed by atoms with Crippen LogP contribution in [-0.4, -0.2) is 204 Å². The largest absolute Gasteiger partial charge is 0.513 e. The topological polar surface area (TPSA) is 329 Å². The average molecular weight is 1990 g/mol. The van der Waals surface area contributed by atoms with Crippen molar-refractivity contribution in [1.29, 1.82) is 0 Å². The molecule has 4 unspecified atom stereocenters. The zero-order valence-electron chi connectivity index (χ0n) is 77.0. The standard InChI is InChI=1S/C30H25F2N3O4.C26H23F2N3O7.C25H21F2N3O6.C23H19F2N3O4/c31-23-12-11-22(17-24(23)32)27(21-9-5-2-6-10-21)35-26-19-38-16-15-33(26)30(37)28-29(25(36)13-14-34(28)35)39-18-20-7-3-1-4-8-20;1-35-26(34)38-15-37-24-20(32)9-10-30-23(24)25(33)29-11-12-36-14-21(29)31(30)22(16-5-3-2-4-6-16)17-7-8-18(27)19(28)13-17;1-34-25(33)36-23-19(31)9-10-29-22(23)24(32)28-11-12-35-14-20(28)30(29)21(15-5-3-2-4-6-15)16-7-8-17(26)18(27)13-16;24-16-7-6-15(12-17(16)25)20(14-4-2-1-3-5-14)28-19-13-32-11-10-26(19)23(31)21-22(30)18(29)8-9-27(21)28/h1-14,17,26-27H,15-16,18-19H2;2-10,13,21-22H,11-12,14-15H2,1H3;2-10,13,20-21H,11-12,14H2,1H3;1-9,12,19-20,30H,10-11,13H2/t26-,27?;21-,22?;20-,21?;19-,20?/m1111/s1. The van der Waals surface area contributed by atoms with E-state index in [4.69, 9.17) is 37.9 Å². The molecule has 0 saturated carbocycles. The summed E-state index contributed by atoms with van der Waals surface area (Å²) < 4.78 is 172. The van der Waals surface area contributed by atoms with E-state index in [9.17, 15) is 88.2 Å². The molecule has 4 aromatic heterocycles. The van der Waals surface area contributed by atoms with Gasteiger partial charge in [0.1, 0.15) is 31.3 Å². The first-order valence-corrected chi connectivity index (χ1v) is 45.5. The number of pyridine rings is 4. The van der Waals surface area contributed by atoms with Gasteiger partial charge in [-0.15, -0.1) is 0 Å². The predicted octanol–water partition coefficient (Wildman–Crippen LogP) is 12.2. The number of methoxy groups -OCH3 is 2. The molecule has 4 amide bonds. The summed E-state index contributed by atoms with van der Waals surface area (Å²) in [4.78, 5) is 134. The molecule has 0 aliphatic carbocycles. The number of morpholine rings is 4. The maximum absolute atomic E-state index is 14.5. The van der Waals surface area contributed by atoms with Gasteiger partial charge < -0.3 is 72.1 Å². The lowest BCUT2D eigenvalue weighted by molar-refractivity contribution is -0.0209. The van der Waals surface area contributed by atoms with Gasteiger partial charge in [-0.3, -0.25) is 77.1 Å². The van der Waals surface area contributed by atoms with Gasteiger partial charge >= 0.3 is 12.3 Å². The fourth-order valence-corrected chi connectivity index (χ4v) is 18.8. The number of fused-ring (bicyclic) bond motifs is 8. The van der Waals surface area contributed by atoms with Crippen molar-refractivity contribution in [2.45, 2.75) is 55.4 Å². The summed E-state index contributed by atoms with van der Waals surface area (Å²) in [6.45, 7) is 2.07. The molecule has 41 heteroatoms. The van der Waals surface area contributed by atoms with Gasteiger partial charge in [0.05, 0.1) is 91.2 Å². The highest BCUT2D eigenvalue weighted by molar-refractivity contribution is 5.99. The predicted molar refractivity (Wildman–Crippen MR) is 501 cm³/mol. The highest BCUT2D eigenvalue weighted by Gasteiger charge is 2.51.